The normalized spacial score (nSPS) is 14.2. The summed E-state index contributed by atoms with van der Waals surface area (Å²) in [6, 6.07) is 12.2. The second-order valence-corrected chi connectivity index (χ2v) is 16.0. The van der Waals surface area contributed by atoms with Crippen molar-refractivity contribution in [1.82, 2.24) is 0 Å². The number of nitriles is 1. The molecular weight excluding hydrogens is 843 g/mol. The van der Waals surface area contributed by atoms with Crippen molar-refractivity contribution in [1.29, 1.82) is 5.26 Å². The van der Waals surface area contributed by atoms with Crippen LogP contribution in [-0.4, -0.2) is 156 Å². The molecule has 0 saturated heterocycles. The first-order chi connectivity index (χ1) is 31.7. The average Bonchev–Trinajstić information content (AvgIpc) is 3.31. The van der Waals surface area contributed by atoms with Crippen LogP contribution in [-0.2, 0) is 66.5 Å². The number of unbranched alkanes of at least 4 members (excludes halogenated alkanes) is 1. The Labute approximate surface area is 389 Å². The van der Waals surface area contributed by atoms with Crippen molar-refractivity contribution in [2.75, 3.05) is 133 Å². The Hall–Kier alpha value is -3.24. The third kappa shape index (κ3) is 32.2. The van der Waals surface area contributed by atoms with Crippen LogP contribution in [0.1, 0.15) is 97.0 Å². The zero-order valence-electron chi connectivity index (χ0n) is 40.3. The van der Waals surface area contributed by atoms with Gasteiger partial charge in [-0.2, -0.15) is 5.26 Å². The van der Waals surface area contributed by atoms with E-state index in [9.17, 15) is 24.8 Å². The first kappa shape index (κ1) is 59.8. The minimum atomic E-state index is -1.08. The molecule has 65 heavy (non-hydrogen) atoms. The highest BCUT2D eigenvalue weighted by Gasteiger charge is 2.34. The number of hydrogen-bond acceptors (Lipinski definition) is 15. The van der Waals surface area contributed by atoms with Gasteiger partial charge < -0.3 is 57.2 Å². The summed E-state index contributed by atoms with van der Waals surface area (Å²) in [6.07, 6.45) is 5.25. The monoisotopic (exact) mass is 926 g/mol. The maximum Gasteiger partial charge on any atom is 0.308 e. The molecule has 1 N–H and O–H groups in total. The summed E-state index contributed by atoms with van der Waals surface area (Å²) in [5.74, 6) is -4.88. The Balaban J connectivity index is 2.35. The molecule has 0 bridgehead atoms. The van der Waals surface area contributed by atoms with Crippen molar-refractivity contribution >= 4 is 17.9 Å². The highest BCUT2D eigenvalue weighted by atomic mass is 16.6. The third-order valence-corrected chi connectivity index (χ3v) is 10.9. The molecule has 0 aliphatic rings. The fourth-order valence-corrected chi connectivity index (χ4v) is 6.95. The van der Waals surface area contributed by atoms with Crippen LogP contribution >= 0.6 is 0 Å². The number of nitrogens with zero attached hydrogens (tertiary/aromatic N) is 1. The van der Waals surface area contributed by atoms with Gasteiger partial charge in [0.1, 0.15) is 6.61 Å². The molecule has 0 spiro atoms. The number of carboxylic acid groups (broad SMARTS) is 1. The van der Waals surface area contributed by atoms with Gasteiger partial charge in [0.05, 0.1) is 143 Å². The van der Waals surface area contributed by atoms with Crippen LogP contribution in [0.15, 0.2) is 30.3 Å². The summed E-state index contributed by atoms with van der Waals surface area (Å²) >= 11 is 0. The molecule has 0 radical (unpaired) electrons. The minimum absolute atomic E-state index is 0.0138. The lowest BCUT2D eigenvalue weighted by Gasteiger charge is -2.25. The van der Waals surface area contributed by atoms with Crippen LogP contribution in [0.3, 0.4) is 0 Å². The number of aliphatic carboxylic acids is 1. The van der Waals surface area contributed by atoms with E-state index < -0.39 is 41.6 Å². The number of carbonyl (C=O) groups excluding carboxylic acids is 2. The van der Waals surface area contributed by atoms with Gasteiger partial charge in [-0.05, 0) is 55.9 Å². The Morgan fingerprint density at radius 2 is 1.06 bits per heavy atom. The van der Waals surface area contributed by atoms with E-state index in [1.54, 1.807) is 14.0 Å². The lowest BCUT2D eigenvalue weighted by atomic mass is 9.79. The van der Waals surface area contributed by atoms with Crippen molar-refractivity contribution in [2.45, 2.75) is 91.4 Å². The summed E-state index contributed by atoms with van der Waals surface area (Å²) < 4.78 is 59.9. The Bertz CT molecular complexity index is 1330. The Kier molecular flexibility index (Phi) is 38.8. The van der Waals surface area contributed by atoms with Crippen molar-refractivity contribution in [3.05, 3.63) is 35.9 Å². The predicted molar refractivity (Wildman–Crippen MR) is 244 cm³/mol. The summed E-state index contributed by atoms with van der Waals surface area (Å²) in [4.78, 5) is 39.3. The third-order valence-electron chi connectivity index (χ3n) is 10.9. The van der Waals surface area contributed by atoms with Crippen LogP contribution in [0, 0.1) is 40.9 Å². The predicted octanol–water partition coefficient (Wildman–Crippen LogP) is 6.92. The highest BCUT2D eigenvalue weighted by Crippen LogP contribution is 2.33. The maximum absolute atomic E-state index is 13.6. The Morgan fingerprint density at radius 1 is 0.585 bits per heavy atom. The SMILES string of the molecule is CCCCC(CC)COC(=O)C(CC(C)C(=O)OCCOCCOCCOCCOCCOCCOCCOCCOCCOC)CC(CC(C#N)CC(CC)c1ccccc1)C(=O)O. The van der Waals surface area contributed by atoms with Crippen LogP contribution in [0.5, 0.6) is 0 Å². The number of esters is 2. The van der Waals surface area contributed by atoms with Crippen LogP contribution in [0.25, 0.3) is 0 Å². The lowest BCUT2D eigenvalue weighted by molar-refractivity contribution is -0.155. The first-order valence-corrected chi connectivity index (χ1v) is 23.8. The zero-order chi connectivity index (χ0) is 47.6. The molecule has 6 unspecified atom stereocenters. The second kappa shape index (κ2) is 42.1. The Morgan fingerprint density at radius 3 is 1.48 bits per heavy atom. The van der Waals surface area contributed by atoms with Crippen molar-refractivity contribution in [2.24, 2.45) is 29.6 Å². The number of ether oxygens (including phenoxy) is 11. The standard InChI is InChI=1S/C49H83NO15/c1-6-9-13-41(7-2)39-65-49(54)46(37-45(47(51)52)36-42(38-50)35-43(8-3)44-14-11-10-12-15-44)34-40(4)48(53)64-33-32-63-31-30-62-29-28-61-27-26-60-25-24-59-23-22-58-21-20-57-19-18-56-17-16-55-5/h10-12,14-15,40-43,45-46H,6-9,13,16-37,39H2,1-5H3,(H,51,52). The van der Waals surface area contributed by atoms with Crippen molar-refractivity contribution in [3.63, 3.8) is 0 Å². The molecule has 0 aliphatic heterocycles. The lowest BCUT2D eigenvalue weighted by Crippen LogP contribution is -2.30. The summed E-state index contributed by atoms with van der Waals surface area (Å²) in [7, 11) is 1.63. The van der Waals surface area contributed by atoms with E-state index in [0.717, 1.165) is 37.7 Å². The summed E-state index contributed by atoms with van der Waals surface area (Å²) in [5.41, 5.74) is 1.11. The van der Waals surface area contributed by atoms with E-state index in [4.69, 9.17) is 52.1 Å². The molecule has 0 fully saturated rings. The van der Waals surface area contributed by atoms with Crippen molar-refractivity contribution in [3.8, 4) is 6.07 Å². The maximum atomic E-state index is 13.6. The number of carboxylic acids is 1. The molecule has 1 aromatic rings. The van der Waals surface area contributed by atoms with E-state index in [1.807, 2.05) is 30.3 Å². The van der Waals surface area contributed by atoms with Crippen LogP contribution in [0.2, 0.25) is 0 Å². The fourth-order valence-electron chi connectivity index (χ4n) is 6.95. The molecule has 0 saturated carbocycles. The number of benzene rings is 1. The number of hydrogen-bond donors (Lipinski definition) is 1. The molecule has 374 valence electrons. The molecule has 16 nitrogen and oxygen atoms in total. The number of carbonyl (C=O) groups is 3. The summed E-state index contributed by atoms with van der Waals surface area (Å²) in [6.45, 7) is 15.7. The zero-order valence-corrected chi connectivity index (χ0v) is 40.3. The highest BCUT2D eigenvalue weighted by molar-refractivity contribution is 5.77. The molecular formula is C49H83NO15. The smallest absolute Gasteiger partial charge is 0.308 e. The van der Waals surface area contributed by atoms with E-state index in [-0.39, 0.29) is 50.9 Å². The van der Waals surface area contributed by atoms with Gasteiger partial charge in [0.15, 0.2) is 0 Å². The molecule has 0 heterocycles. The van der Waals surface area contributed by atoms with Crippen LogP contribution < -0.4 is 0 Å². The summed E-state index contributed by atoms with van der Waals surface area (Å²) in [5, 5.41) is 20.4. The van der Waals surface area contributed by atoms with Gasteiger partial charge in [0.25, 0.3) is 0 Å². The topological polar surface area (TPSA) is 197 Å². The van der Waals surface area contributed by atoms with Gasteiger partial charge in [0, 0.05) is 13.0 Å². The van der Waals surface area contributed by atoms with Crippen molar-refractivity contribution < 1.29 is 71.6 Å². The molecule has 6 atom stereocenters. The van der Waals surface area contributed by atoms with Gasteiger partial charge in [-0.15, -0.1) is 0 Å². The quantitative estimate of drug-likeness (QED) is 0.0522. The largest absolute Gasteiger partial charge is 0.481 e. The van der Waals surface area contributed by atoms with Gasteiger partial charge in [-0.3, -0.25) is 14.4 Å². The number of methoxy groups -OCH3 is 1. The molecule has 1 rings (SSSR count). The number of rotatable bonds is 46. The van der Waals surface area contributed by atoms with Gasteiger partial charge in [0.2, 0.25) is 0 Å². The van der Waals surface area contributed by atoms with E-state index >= 15 is 0 Å². The van der Waals surface area contributed by atoms with Crippen LogP contribution in [0.4, 0.5) is 0 Å². The molecule has 0 aromatic heterocycles. The van der Waals surface area contributed by atoms with E-state index in [0.29, 0.717) is 112 Å². The van der Waals surface area contributed by atoms with E-state index in [2.05, 4.69) is 26.8 Å². The molecule has 0 aliphatic carbocycles. The second-order valence-electron chi connectivity index (χ2n) is 16.0. The van der Waals surface area contributed by atoms with Gasteiger partial charge >= 0.3 is 17.9 Å². The van der Waals surface area contributed by atoms with Gasteiger partial charge in [-0.25, -0.2) is 0 Å². The molecule has 16 heteroatoms. The first-order valence-electron chi connectivity index (χ1n) is 23.8. The van der Waals surface area contributed by atoms with Gasteiger partial charge in [-0.1, -0.05) is 77.3 Å². The fraction of sp³-hybridized carbons (Fsp3) is 0.796. The van der Waals surface area contributed by atoms with E-state index in [1.165, 1.54) is 0 Å². The molecule has 1 aromatic carbocycles. The average molecular weight is 926 g/mol. The minimum Gasteiger partial charge on any atom is -0.481 e. The molecule has 0 amide bonds.